The highest BCUT2D eigenvalue weighted by atomic mass is 16.5. The van der Waals surface area contributed by atoms with E-state index in [4.69, 9.17) is 19.2 Å². The molecule has 10 heteroatoms. The molecule has 2 aromatic carbocycles. The molecule has 0 spiro atoms. The summed E-state index contributed by atoms with van der Waals surface area (Å²) in [5.41, 5.74) is 8.17. The minimum Gasteiger partial charge on any atom is -0.497 e. The molecule has 0 unspecified atom stereocenters. The van der Waals surface area contributed by atoms with E-state index >= 15 is 0 Å². The summed E-state index contributed by atoms with van der Waals surface area (Å²) in [7, 11) is 3.28. The number of hydrogen-bond acceptors (Lipinski definition) is 9. The number of pyridine rings is 3. The summed E-state index contributed by atoms with van der Waals surface area (Å²) in [4.78, 5) is 29.7. The minimum absolute atomic E-state index is 0.217. The zero-order valence-corrected chi connectivity index (χ0v) is 26.5. The predicted octanol–water partition coefficient (Wildman–Crippen LogP) is 6.59. The molecule has 236 valence electrons. The highest BCUT2D eigenvalue weighted by Crippen LogP contribution is 2.41. The van der Waals surface area contributed by atoms with Gasteiger partial charge in [-0.25, -0.2) is 9.97 Å². The molecule has 1 N–H and O–H groups in total. The zero-order valence-electron chi connectivity index (χ0n) is 26.5. The number of fused-ring (bicyclic) bond motifs is 3. The summed E-state index contributed by atoms with van der Waals surface area (Å²) in [6, 6.07) is 19.2. The predicted molar refractivity (Wildman–Crippen MR) is 178 cm³/mol. The number of methoxy groups -OCH3 is 2. The number of benzene rings is 2. The van der Waals surface area contributed by atoms with Gasteiger partial charge in [-0.1, -0.05) is 12.1 Å². The molecule has 5 aromatic rings. The standard InChI is InChI=1S/C37H34N6O4/c1-22-34(13-27(18-39-22)24-5-6-24)43(37(44)26-7-9-28(15-38)40-17-26)19-23-4-11-30-31-20-47-21-32(31)36(42-33(30)12-23)41-16-25-8-10-29(45-2)14-35(25)46-3/h4,7-14,17-18,24H,5-6,16,19-21H2,1-3H3,(H,41,42). The van der Waals surface area contributed by atoms with Gasteiger partial charge in [-0.3, -0.25) is 9.78 Å². The fraction of sp³-hybridized carbons (Fsp3) is 0.270. The van der Waals surface area contributed by atoms with Gasteiger partial charge in [-0.15, -0.1) is 0 Å². The lowest BCUT2D eigenvalue weighted by Gasteiger charge is -2.25. The molecular weight excluding hydrogens is 592 g/mol. The lowest BCUT2D eigenvalue weighted by Crippen LogP contribution is -2.31. The molecule has 1 fully saturated rings. The van der Waals surface area contributed by atoms with Crippen LogP contribution < -0.4 is 19.7 Å². The molecule has 1 aliphatic carbocycles. The van der Waals surface area contributed by atoms with Crippen LogP contribution in [0.15, 0.2) is 67.0 Å². The summed E-state index contributed by atoms with van der Waals surface area (Å²) in [6.45, 7) is 3.70. The quantitative estimate of drug-likeness (QED) is 0.183. The first-order valence-electron chi connectivity index (χ1n) is 15.6. The van der Waals surface area contributed by atoms with E-state index < -0.39 is 0 Å². The van der Waals surface area contributed by atoms with Gasteiger partial charge in [0.2, 0.25) is 0 Å². The Hall–Kier alpha value is -5.53. The number of anilines is 2. The second kappa shape index (κ2) is 12.7. The summed E-state index contributed by atoms with van der Waals surface area (Å²) in [5.74, 6) is 2.48. The van der Waals surface area contributed by atoms with Crippen LogP contribution in [0.1, 0.15) is 68.3 Å². The Morgan fingerprint density at radius 3 is 2.62 bits per heavy atom. The Balaban J connectivity index is 1.24. The van der Waals surface area contributed by atoms with Crippen LogP contribution >= 0.6 is 0 Å². The van der Waals surface area contributed by atoms with E-state index in [1.165, 1.54) is 6.20 Å². The van der Waals surface area contributed by atoms with Gasteiger partial charge in [0, 0.05) is 41.5 Å². The third-order valence-corrected chi connectivity index (χ3v) is 8.83. The second-order valence-corrected chi connectivity index (χ2v) is 11.9. The number of amides is 1. The molecule has 0 radical (unpaired) electrons. The normalized spacial score (nSPS) is 13.6. The third-order valence-electron chi connectivity index (χ3n) is 8.83. The summed E-state index contributed by atoms with van der Waals surface area (Å²) >= 11 is 0. The number of nitriles is 1. The molecule has 47 heavy (non-hydrogen) atoms. The van der Waals surface area contributed by atoms with Crippen LogP contribution in [-0.2, 0) is 31.0 Å². The highest BCUT2D eigenvalue weighted by Gasteiger charge is 2.28. The molecule has 4 heterocycles. The number of aryl methyl sites for hydroxylation is 1. The highest BCUT2D eigenvalue weighted by molar-refractivity contribution is 6.06. The second-order valence-electron chi connectivity index (χ2n) is 11.9. The van der Waals surface area contributed by atoms with Gasteiger partial charge >= 0.3 is 0 Å². The topological polar surface area (TPSA) is 122 Å². The molecule has 1 saturated carbocycles. The van der Waals surface area contributed by atoms with Crippen LogP contribution in [0.5, 0.6) is 11.5 Å². The summed E-state index contributed by atoms with van der Waals surface area (Å²) in [5, 5.41) is 13.8. The summed E-state index contributed by atoms with van der Waals surface area (Å²) < 4.78 is 16.8. The first-order valence-corrected chi connectivity index (χ1v) is 15.6. The number of hydrogen-bond donors (Lipinski definition) is 1. The van der Waals surface area contributed by atoms with Crippen molar-refractivity contribution in [2.75, 3.05) is 24.4 Å². The van der Waals surface area contributed by atoms with E-state index in [0.717, 1.165) is 80.3 Å². The van der Waals surface area contributed by atoms with Gasteiger partial charge in [0.05, 0.1) is 56.4 Å². The van der Waals surface area contributed by atoms with Crippen molar-refractivity contribution in [3.63, 3.8) is 0 Å². The monoisotopic (exact) mass is 626 g/mol. The number of nitrogens with one attached hydrogen (secondary N) is 1. The van der Waals surface area contributed by atoms with Gasteiger partial charge in [0.1, 0.15) is 29.1 Å². The largest absolute Gasteiger partial charge is 0.497 e. The van der Waals surface area contributed by atoms with Gasteiger partial charge < -0.3 is 24.4 Å². The Labute approximate surface area is 273 Å². The maximum atomic E-state index is 14.1. The van der Waals surface area contributed by atoms with Crippen LogP contribution in [0.4, 0.5) is 11.5 Å². The number of rotatable bonds is 10. The molecule has 1 amide bonds. The van der Waals surface area contributed by atoms with Gasteiger partial charge in [-0.05, 0) is 78.8 Å². The Morgan fingerprint density at radius 2 is 1.87 bits per heavy atom. The van der Waals surface area contributed by atoms with Crippen molar-refractivity contribution in [1.82, 2.24) is 15.0 Å². The minimum atomic E-state index is -0.217. The Kier molecular flexibility index (Phi) is 8.14. The van der Waals surface area contributed by atoms with Crippen molar-refractivity contribution in [1.29, 1.82) is 5.26 Å². The third kappa shape index (κ3) is 6.05. The van der Waals surface area contributed by atoms with Crippen LogP contribution in [0.25, 0.3) is 10.9 Å². The molecule has 1 aliphatic heterocycles. The number of ether oxygens (including phenoxy) is 3. The molecule has 0 saturated heterocycles. The van der Waals surface area contributed by atoms with Gasteiger partial charge in [0.25, 0.3) is 5.91 Å². The first kappa shape index (κ1) is 30.1. The molecule has 2 aliphatic rings. The van der Waals surface area contributed by atoms with Crippen molar-refractivity contribution in [3.8, 4) is 17.6 Å². The smallest absolute Gasteiger partial charge is 0.260 e. The maximum absolute atomic E-state index is 14.1. The molecule has 0 atom stereocenters. The van der Waals surface area contributed by atoms with E-state index in [2.05, 4.69) is 27.4 Å². The van der Waals surface area contributed by atoms with Gasteiger partial charge in [0.15, 0.2) is 0 Å². The fourth-order valence-electron chi connectivity index (χ4n) is 6.06. The number of aromatic nitrogens is 3. The van der Waals surface area contributed by atoms with Crippen LogP contribution in [0.2, 0.25) is 0 Å². The van der Waals surface area contributed by atoms with Crippen molar-refractivity contribution in [2.24, 2.45) is 0 Å². The maximum Gasteiger partial charge on any atom is 0.260 e. The zero-order chi connectivity index (χ0) is 32.5. The van der Waals surface area contributed by atoms with Crippen LogP contribution in [-0.4, -0.2) is 35.1 Å². The van der Waals surface area contributed by atoms with Crippen molar-refractivity contribution < 1.29 is 19.0 Å². The van der Waals surface area contributed by atoms with E-state index in [1.54, 1.807) is 31.3 Å². The van der Waals surface area contributed by atoms with E-state index in [0.29, 0.717) is 37.8 Å². The molecule has 10 nitrogen and oxygen atoms in total. The lowest BCUT2D eigenvalue weighted by atomic mass is 10.0. The van der Waals surface area contributed by atoms with Crippen LogP contribution in [0, 0.1) is 18.3 Å². The van der Waals surface area contributed by atoms with Crippen molar-refractivity contribution in [3.05, 3.63) is 112 Å². The van der Waals surface area contributed by atoms with E-state index in [-0.39, 0.29) is 11.6 Å². The van der Waals surface area contributed by atoms with Crippen LogP contribution in [0.3, 0.4) is 0 Å². The number of carbonyl (C=O) groups is 1. The molecular formula is C37H34N6O4. The molecule has 3 aromatic heterocycles. The van der Waals surface area contributed by atoms with Gasteiger partial charge in [-0.2, -0.15) is 5.26 Å². The average molecular weight is 627 g/mol. The van der Waals surface area contributed by atoms with Crippen molar-refractivity contribution >= 4 is 28.3 Å². The van der Waals surface area contributed by atoms with Crippen molar-refractivity contribution in [2.45, 2.75) is 52.0 Å². The molecule has 7 rings (SSSR count). The molecule has 0 bridgehead atoms. The summed E-state index contributed by atoms with van der Waals surface area (Å²) in [6.07, 6.45) is 5.64. The number of carbonyl (C=O) groups excluding carboxylic acids is 1. The number of nitrogens with zero attached hydrogens (tertiary/aromatic N) is 5. The average Bonchev–Trinajstić information content (AvgIpc) is 3.84. The SMILES string of the molecule is COc1ccc(CNc2nc3cc(CN(C(=O)c4ccc(C#N)nc4)c4cc(C5CC5)cnc4C)ccc3c3c2COC3)c(OC)c1. The fourth-order valence-corrected chi connectivity index (χ4v) is 6.06. The van der Waals surface area contributed by atoms with E-state index in [1.807, 2.05) is 49.5 Å². The lowest BCUT2D eigenvalue weighted by molar-refractivity contribution is 0.0984. The van der Waals surface area contributed by atoms with E-state index in [9.17, 15) is 10.1 Å². The Morgan fingerprint density at radius 1 is 1.02 bits per heavy atom. The first-order chi connectivity index (χ1) is 22.9. The Bertz CT molecular complexity index is 2030.